The van der Waals surface area contributed by atoms with Crippen molar-refractivity contribution in [2.24, 2.45) is 0 Å². The van der Waals surface area contributed by atoms with Gasteiger partial charge in [-0.2, -0.15) is 0 Å². The van der Waals surface area contributed by atoms with Crippen molar-refractivity contribution < 1.29 is 9.59 Å². The third-order valence-corrected chi connectivity index (χ3v) is 5.87. The van der Waals surface area contributed by atoms with Gasteiger partial charge in [0.05, 0.1) is 0 Å². The number of benzene rings is 1. The van der Waals surface area contributed by atoms with Crippen molar-refractivity contribution in [1.29, 1.82) is 0 Å². The summed E-state index contributed by atoms with van der Waals surface area (Å²) in [6.45, 7) is 7.02. The third-order valence-electron chi connectivity index (χ3n) is 4.34. The number of carbonyl (C=O) groups excluding carboxylic acids is 2. The monoisotopic (exact) mass is 584 g/mol. The minimum atomic E-state index is 0.0503. The summed E-state index contributed by atoms with van der Waals surface area (Å²) in [6.07, 6.45) is 4.31. The van der Waals surface area contributed by atoms with E-state index in [4.69, 9.17) is 0 Å². The topological polar surface area (TPSA) is 40.6 Å². The average Bonchev–Trinajstić information content (AvgIpc) is 2.68. The number of hydrogen-bond donors (Lipinski definition) is 0. The van der Waals surface area contributed by atoms with Crippen molar-refractivity contribution in [3.63, 3.8) is 0 Å². The van der Waals surface area contributed by atoms with Crippen molar-refractivity contribution in [3.05, 3.63) is 35.4 Å². The molecule has 0 bridgehead atoms. The van der Waals surface area contributed by atoms with Crippen molar-refractivity contribution >= 4 is 57.0 Å². The van der Waals surface area contributed by atoms with E-state index in [1.807, 2.05) is 23.6 Å². The van der Waals surface area contributed by atoms with E-state index in [0.717, 1.165) is 47.6 Å². The normalized spacial score (nSPS) is 10.6. The Balaban J connectivity index is 2.73. The first-order valence-electron chi connectivity index (χ1n) is 9.39. The average molecular weight is 584 g/mol. The first kappa shape index (κ1) is 23.7. The highest BCUT2D eigenvalue weighted by Crippen LogP contribution is 2.12. The third kappa shape index (κ3) is 7.70. The molecule has 0 unspecified atom stereocenters. The maximum atomic E-state index is 12.6. The van der Waals surface area contributed by atoms with Gasteiger partial charge in [0, 0.05) is 37.3 Å². The van der Waals surface area contributed by atoms with Gasteiger partial charge in [-0.15, -0.1) is 0 Å². The van der Waals surface area contributed by atoms with Crippen LogP contribution >= 0.6 is 45.2 Å². The molecule has 4 nitrogen and oxygen atoms in total. The SMILES string of the molecule is CCN(CCCCI)C(=O)c1ccc(C(=O)N(CC)CCCCI)cc1. The first-order valence-corrected chi connectivity index (χ1v) is 12.4. The van der Waals surface area contributed by atoms with Crippen LogP contribution in [0.2, 0.25) is 0 Å². The van der Waals surface area contributed by atoms with Crippen LogP contribution in [-0.4, -0.2) is 56.6 Å². The lowest BCUT2D eigenvalue weighted by molar-refractivity contribution is 0.0750. The minimum Gasteiger partial charge on any atom is -0.339 e. The van der Waals surface area contributed by atoms with Crippen LogP contribution in [0.15, 0.2) is 24.3 Å². The summed E-state index contributed by atoms with van der Waals surface area (Å²) in [4.78, 5) is 29.0. The smallest absolute Gasteiger partial charge is 0.253 e. The van der Waals surface area contributed by atoms with Crippen molar-refractivity contribution in [1.82, 2.24) is 9.80 Å². The number of rotatable bonds is 12. The number of alkyl halides is 2. The van der Waals surface area contributed by atoms with E-state index < -0.39 is 0 Å². The predicted octanol–water partition coefficient (Wildman–Crippen LogP) is 5.04. The Morgan fingerprint density at radius 3 is 1.35 bits per heavy atom. The highest BCUT2D eigenvalue weighted by atomic mass is 127. The van der Waals surface area contributed by atoms with Gasteiger partial charge in [-0.05, 0) is 72.7 Å². The lowest BCUT2D eigenvalue weighted by Crippen LogP contribution is -2.33. The molecule has 1 aromatic rings. The number of nitrogens with zero attached hydrogens (tertiary/aromatic N) is 2. The van der Waals surface area contributed by atoms with Crippen LogP contribution in [0.5, 0.6) is 0 Å². The minimum absolute atomic E-state index is 0.0503. The van der Waals surface area contributed by atoms with Gasteiger partial charge >= 0.3 is 0 Å². The van der Waals surface area contributed by atoms with E-state index in [-0.39, 0.29) is 11.8 Å². The highest BCUT2D eigenvalue weighted by Gasteiger charge is 2.17. The second-order valence-electron chi connectivity index (χ2n) is 6.14. The molecule has 0 radical (unpaired) electrons. The Kier molecular flexibility index (Phi) is 12.5. The molecule has 2 amide bonds. The molecule has 0 saturated carbocycles. The quantitative estimate of drug-likeness (QED) is 0.196. The van der Waals surface area contributed by atoms with Crippen molar-refractivity contribution in [3.8, 4) is 0 Å². The van der Waals surface area contributed by atoms with Crippen LogP contribution < -0.4 is 0 Å². The maximum Gasteiger partial charge on any atom is 0.253 e. The molecule has 6 heteroatoms. The molecule has 0 atom stereocenters. The molecule has 0 spiro atoms. The molecule has 0 fully saturated rings. The highest BCUT2D eigenvalue weighted by molar-refractivity contribution is 14.1. The number of amides is 2. The molecule has 0 aliphatic heterocycles. The van der Waals surface area contributed by atoms with Crippen LogP contribution in [0.1, 0.15) is 60.2 Å². The summed E-state index contributed by atoms with van der Waals surface area (Å²) in [5.41, 5.74) is 1.32. The second kappa shape index (κ2) is 13.7. The molecule has 0 saturated heterocycles. The second-order valence-corrected chi connectivity index (χ2v) is 8.30. The fourth-order valence-corrected chi connectivity index (χ4v) is 3.80. The molecular formula is C20H30I2N2O2. The lowest BCUT2D eigenvalue weighted by Gasteiger charge is -2.22. The number of hydrogen-bond acceptors (Lipinski definition) is 2. The van der Waals surface area contributed by atoms with E-state index in [1.54, 1.807) is 24.3 Å². The summed E-state index contributed by atoms with van der Waals surface area (Å²) in [7, 11) is 0. The van der Waals surface area contributed by atoms with Crippen LogP contribution in [-0.2, 0) is 0 Å². The van der Waals surface area contributed by atoms with E-state index in [2.05, 4.69) is 45.2 Å². The largest absolute Gasteiger partial charge is 0.339 e. The molecule has 0 aliphatic carbocycles. The van der Waals surface area contributed by atoms with Gasteiger partial charge < -0.3 is 9.80 Å². The molecule has 0 aliphatic rings. The van der Waals surface area contributed by atoms with Gasteiger partial charge in [0.2, 0.25) is 0 Å². The van der Waals surface area contributed by atoms with Crippen molar-refractivity contribution in [2.75, 3.05) is 35.0 Å². The zero-order chi connectivity index (χ0) is 19.4. The van der Waals surface area contributed by atoms with E-state index in [1.165, 1.54) is 0 Å². The lowest BCUT2D eigenvalue weighted by atomic mass is 10.1. The van der Waals surface area contributed by atoms with Crippen LogP contribution in [0.4, 0.5) is 0 Å². The molecule has 0 heterocycles. The molecule has 1 rings (SSSR count). The summed E-state index contributed by atoms with van der Waals surface area (Å²) >= 11 is 4.73. The van der Waals surface area contributed by atoms with E-state index in [9.17, 15) is 9.59 Å². The Morgan fingerprint density at radius 1 is 0.731 bits per heavy atom. The summed E-state index contributed by atoms with van der Waals surface area (Å²) in [5.74, 6) is 0.101. The van der Waals surface area contributed by atoms with Gasteiger partial charge in [-0.3, -0.25) is 9.59 Å². The summed E-state index contributed by atoms with van der Waals surface area (Å²) in [6, 6.07) is 7.15. The number of unbranched alkanes of at least 4 members (excludes halogenated alkanes) is 2. The first-order chi connectivity index (χ1) is 12.6. The molecule has 1 aromatic carbocycles. The molecular weight excluding hydrogens is 554 g/mol. The Bertz CT molecular complexity index is 500. The van der Waals surface area contributed by atoms with Gasteiger partial charge in [-0.1, -0.05) is 45.2 Å². The van der Waals surface area contributed by atoms with Crippen molar-refractivity contribution in [2.45, 2.75) is 39.5 Å². The van der Waals surface area contributed by atoms with Gasteiger partial charge in [0.15, 0.2) is 0 Å². The molecule has 26 heavy (non-hydrogen) atoms. The van der Waals surface area contributed by atoms with Crippen LogP contribution in [0, 0.1) is 0 Å². The Labute approximate surface area is 185 Å². The van der Waals surface area contributed by atoms with Gasteiger partial charge in [0.1, 0.15) is 0 Å². The fraction of sp³-hybridized carbons (Fsp3) is 0.600. The fourth-order valence-electron chi connectivity index (χ4n) is 2.72. The zero-order valence-corrected chi connectivity index (χ0v) is 20.2. The van der Waals surface area contributed by atoms with E-state index >= 15 is 0 Å². The summed E-state index contributed by atoms with van der Waals surface area (Å²) < 4.78 is 2.23. The number of carbonyl (C=O) groups is 2. The van der Waals surface area contributed by atoms with Crippen LogP contribution in [0.3, 0.4) is 0 Å². The van der Waals surface area contributed by atoms with Gasteiger partial charge in [-0.25, -0.2) is 0 Å². The predicted molar refractivity (Wildman–Crippen MR) is 126 cm³/mol. The molecule has 146 valence electrons. The zero-order valence-electron chi connectivity index (χ0n) is 15.8. The molecule has 0 N–H and O–H groups in total. The maximum absolute atomic E-state index is 12.6. The standard InChI is InChI=1S/C20H30I2N2O2/c1-3-23(15-7-5-13-21)19(25)17-9-11-18(12-10-17)20(26)24(4-2)16-8-6-14-22/h9-12H,3-8,13-16H2,1-2H3. The Hall–Kier alpha value is -0.380. The molecule has 0 aromatic heterocycles. The Morgan fingerprint density at radius 2 is 1.08 bits per heavy atom. The van der Waals surface area contributed by atoms with Crippen LogP contribution in [0.25, 0.3) is 0 Å². The summed E-state index contributed by atoms with van der Waals surface area (Å²) in [5, 5.41) is 0. The van der Waals surface area contributed by atoms with E-state index in [0.29, 0.717) is 24.2 Å². The number of halogens is 2. The van der Waals surface area contributed by atoms with Gasteiger partial charge in [0.25, 0.3) is 11.8 Å².